The van der Waals surface area contributed by atoms with Gasteiger partial charge in [-0.05, 0) is 43.7 Å². The Kier molecular flexibility index (Phi) is 6.90. The van der Waals surface area contributed by atoms with Crippen molar-refractivity contribution in [3.63, 3.8) is 0 Å². The Balaban J connectivity index is 2.00. The van der Waals surface area contributed by atoms with E-state index in [0.717, 1.165) is 6.07 Å². The van der Waals surface area contributed by atoms with Crippen molar-refractivity contribution >= 4 is 17.6 Å². The van der Waals surface area contributed by atoms with Crippen molar-refractivity contribution in [1.29, 1.82) is 0 Å². The summed E-state index contributed by atoms with van der Waals surface area (Å²) in [6.45, 7) is 3.77. The molecular formula is C18H17ClF3NO4. The van der Waals surface area contributed by atoms with Crippen LogP contribution >= 0.6 is 11.6 Å². The summed E-state index contributed by atoms with van der Waals surface area (Å²) in [7, 11) is 0. The first-order valence-electron chi connectivity index (χ1n) is 8.04. The topological polar surface area (TPSA) is 57.7 Å². The first kappa shape index (κ1) is 20.8. The van der Waals surface area contributed by atoms with Crippen molar-refractivity contribution in [2.24, 2.45) is 0 Å². The van der Waals surface area contributed by atoms with E-state index in [0.29, 0.717) is 25.0 Å². The van der Waals surface area contributed by atoms with Gasteiger partial charge in [-0.25, -0.2) is 9.78 Å². The van der Waals surface area contributed by atoms with E-state index in [9.17, 15) is 18.0 Å². The van der Waals surface area contributed by atoms with Crippen molar-refractivity contribution in [3.05, 3.63) is 47.1 Å². The minimum absolute atomic E-state index is 0.158. The van der Waals surface area contributed by atoms with Crippen LogP contribution in [0.1, 0.15) is 25.8 Å². The molecule has 0 spiro atoms. The highest BCUT2D eigenvalue weighted by molar-refractivity contribution is 6.31. The SMILES string of the molecule is CCCOC(=O)C(C)Oc1ccc(Oc2ncc(C(F)(F)F)cc2Cl)cc1. The van der Waals surface area contributed by atoms with Gasteiger partial charge in [-0.1, -0.05) is 18.5 Å². The number of rotatable bonds is 7. The van der Waals surface area contributed by atoms with Gasteiger partial charge in [-0.2, -0.15) is 13.2 Å². The first-order chi connectivity index (χ1) is 12.7. The van der Waals surface area contributed by atoms with Gasteiger partial charge in [0.25, 0.3) is 0 Å². The number of pyridine rings is 1. The van der Waals surface area contributed by atoms with Gasteiger partial charge >= 0.3 is 12.1 Å². The molecule has 146 valence electrons. The molecular weight excluding hydrogens is 387 g/mol. The summed E-state index contributed by atoms with van der Waals surface area (Å²) < 4.78 is 53.7. The second-order valence-corrected chi connectivity index (χ2v) is 5.92. The Morgan fingerprint density at radius 1 is 1.22 bits per heavy atom. The number of aromatic nitrogens is 1. The molecule has 1 aromatic heterocycles. The van der Waals surface area contributed by atoms with E-state index in [4.69, 9.17) is 25.8 Å². The second-order valence-electron chi connectivity index (χ2n) is 5.51. The molecule has 5 nitrogen and oxygen atoms in total. The van der Waals surface area contributed by atoms with Crippen LogP contribution in [-0.4, -0.2) is 23.7 Å². The fourth-order valence-corrected chi connectivity index (χ4v) is 2.13. The lowest BCUT2D eigenvalue weighted by atomic mass is 10.3. The summed E-state index contributed by atoms with van der Waals surface area (Å²) in [5.41, 5.74) is -0.965. The van der Waals surface area contributed by atoms with Crippen LogP contribution in [0.5, 0.6) is 17.4 Å². The maximum absolute atomic E-state index is 12.6. The first-order valence-corrected chi connectivity index (χ1v) is 8.42. The van der Waals surface area contributed by atoms with Crippen LogP contribution in [0.4, 0.5) is 13.2 Å². The smallest absolute Gasteiger partial charge is 0.417 e. The molecule has 1 unspecified atom stereocenters. The summed E-state index contributed by atoms with van der Waals surface area (Å²) in [4.78, 5) is 15.3. The summed E-state index contributed by atoms with van der Waals surface area (Å²) in [6, 6.07) is 6.84. The molecule has 0 aliphatic carbocycles. The van der Waals surface area contributed by atoms with Crippen LogP contribution in [0.25, 0.3) is 0 Å². The molecule has 9 heteroatoms. The standard InChI is InChI=1S/C18H17ClF3NO4/c1-3-8-25-17(24)11(2)26-13-4-6-14(7-5-13)27-16-15(19)9-12(10-23-16)18(20,21)22/h4-7,9-11H,3,8H2,1-2H3. The minimum atomic E-state index is -4.54. The number of nitrogens with zero attached hydrogens (tertiary/aromatic N) is 1. The van der Waals surface area contributed by atoms with Crippen LogP contribution in [0, 0.1) is 0 Å². The van der Waals surface area contributed by atoms with Gasteiger partial charge in [-0.3, -0.25) is 0 Å². The molecule has 1 atom stereocenters. The molecule has 0 fully saturated rings. The minimum Gasteiger partial charge on any atom is -0.479 e. The molecule has 0 saturated heterocycles. The highest BCUT2D eigenvalue weighted by atomic mass is 35.5. The molecule has 1 heterocycles. The zero-order valence-corrected chi connectivity index (χ0v) is 15.3. The number of hydrogen-bond acceptors (Lipinski definition) is 5. The van der Waals surface area contributed by atoms with Crippen LogP contribution < -0.4 is 9.47 Å². The van der Waals surface area contributed by atoms with Crippen LogP contribution in [0.2, 0.25) is 5.02 Å². The van der Waals surface area contributed by atoms with Crippen molar-refractivity contribution in [2.75, 3.05) is 6.61 Å². The number of alkyl halides is 3. The third kappa shape index (κ3) is 6.02. The van der Waals surface area contributed by atoms with Gasteiger partial charge in [0.1, 0.15) is 16.5 Å². The van der Waals surface area contributed by atoms with Gasteiger partial charge in [0.05, 0.1) is 12.2 Å². The van der Waals surface area contributed by atoms with Crippen LogP contribution in [0.15, 0.2) is 36.5 Å². The quantitative estimate of drug-likeness (QED) is 0.590. The zero-order chi connectivity index (χ0) is 20.0. The van der Waals surface area contributed by atoms with Crippen LogP contribution in [0.3, 0.4) is 0 Å². The average molecular weight is 404 g/mol. The maximum Gasteiger partial charge on any atom is 0.417 e. The van der Waals surface area contributed by atoms with Gasteiger partial charge in [0.2, 0.25) is 5.88 Å². The number of hydrogen-bond donors (Lipinski definition) is 0. The molecule has 27 heavy (non-hydrogen) atoms. The molecule has 0 N–H and O–H groups in total. The van der Waals surface area contributed by atoms with E-state index >= 15 is 0 Å². The van der Waals surface area contributed by atoms with Crippen molar-refractivity contribution in [2.45, 2.75) is 32.5 Å². The van der Waals surface area contributed by atoms with Crippen molar-refractivity contribution in [3.8, 4) is 17.4 Å². The lowest BCUT2D eigenvalue weighted by Gasteiger charge is -2.14. The molecule has 0 bridgehead atoms. The Hall–Kier alpha value is -2.48. The fourth-order valence-electron chi connectivity index (χ4n) is 1.93. The molecule has 0 radical (unpaired) electrons. The Labute approximate surface area is 159 Å². The normalized spacial score (nSPS) is 12.4. The van der Waals surface area contributed by atoms with E-state index in [1.807, 2.05) is 6.92 Å². The van der Waals surface area contributed by atoms with Crippen molar-refractivity contribution in [1.82, 2.24) is 4.98 Å². The molecule has 0 aliphatic heterocycles. The molecule has 2 aromatic rings. The monoisotopic (exact) mass is 403 g/mol. The Morgan fingerprint density at radius 2 is 1.85 bits per heavy atom. The van der Waals surface area contributed by atoms with Gasteiger partial charge in [-0.15, -0.1) is 0 Å². The third-order valence-electron chi connectivity index (χ3n) is 3.27. The summed E-state index contributed by atoms with van der Waals surface area (Å²) >= 11 is 5.80. The van der Waals surface area contributed by atoms with Crippen molar-refractivity contribution < 1.29 is 32.2 Å². The number of benzene rings is 1. The predicted octanol–water partition coefficient (Wildman–Crippen LogP) is 5.27. The lowest BCUT2D eigenvalue weighted by molar-refractivity contribution is -0.151. The summed E-state index contributed by atoms with van der Waals surface area (Å²) in [5.74, 6) is 0.0558. The third-order valence-corrected chi connectivity index (χ3v) is 3.54. The number of carbonyl (C=O) groups excluding carboxylic acids is 1. The second kappa shape index (κ2) is 8.94. The Bertz CT molecular complexity index is 781. The number of esters is 1. The van der Waals surface area contributed by atoms with Gasteiger partial charge < -0.3 is 14.2 Å². The summed E-state index contributed by atoms with van der Waals surface area (Å²) in [5, 5.41) is -0.266. The van der Waals surface area contributed by atoms with E-state index < -0.39 is 23.8 Å². The Morgan fingerprint density at radius 3 is 2.41 bits per heavy atom. The highest BCUT2D eigenvalue weighted by Crippen LogP contribution is 2.34. The number of ether oxygens (including phenoxy) is 3. The number of halogens is 4. The largest absolute Gasteiger partial charge is 0.479 e. The molecule has 2 rings (SSSR count). The molecule has 0 aliphatic rings. The van der Waals surface area contributed by atoms with Gasteiger partial charge in [0, 0.05) is 6.20 Å². The zero-order valence-electron chi connectivity index (χ0n) is 14.5. The number of carbonyl (C=O) groups is 1. The predicted molar refractivity (Wildman–Crippen MR) is 92.1 cm³/mol. The van der Waals surface area contributed by atoms with E-state index in [1.54, 1.807) is 6.92 Å². The average Bonchev–Trinajstić information content (AvgIpc) is 2.62. The molecule has 0 saturated carbocycles. The molecule has 1 aromatic carbocycles. The van der Waals surface area contributed by atoms with Crippen LogP contribution in [-0.2, 0) is 15.7 Å². The summed E-state index contributed by atoms with van der Waals surface area (Å²) in [6.07, 6.45) is -3.97. The van der Waals surface area contributed by atoms with E-state index in [2.05, 4.69) is 4.98 Å². The van der Waals surface area contributed by atoms with E-state index in [-0.39, 0.29) is 16.7 Å². The van der Waals surface area contributed by atoms with E-state index in [1.165, 1.54) is 24.3 Å². The maximum atomic E-state index is 12.6. The molecule has 0 amide bonds. The van der Waals surface area contributed by atoms with Gasteiger partial charge in [0.15, 0.2) is 6.10 Å². The lowest BCUT2D eigenvalue weighted by Crippen LogP contribution is -2.26. The highest BCUT2D eigenvalue weighted by Gasteiger charge is 2.31. The fraction of sp³-hybridized carbons (Fsp3) is 0.333.